The Balaban J connectivity index is 2.19. The van der Waals surface area contributed by atoms with Crippen molar-refractivity contribution < 1.29 is 9.84 Å². The third-order valence-electron chi connectivity index (χ3n) is 2.84. The van der Waals surface area contributed by atoms with Crippen molar-refractivity contribution in [2.45, 2.75) is 58.8 Å². The zero-order chi connectivity index (χ0) is 11.5. The van der Waals surface area contributed by atoms with Crippen molar-refractivity contribution in [1.82, 2.24) is 5.32 Å². The molecule has 0 aliphatic carbocycles. The van der Waals surface area contributed by atoms with Gasteiger partial charge < -0.3 is 15.2 Å². The first-order chi connectivity index (χ1) is 6.88. The Morgan fingerprint density at radius 3 is 2.60 bits per heavy atom. The van der Waals surface area contributed by atoms with Crippen LogP contribution in [0.15, 0.2) is 0 Å². The van der Waals surface area contributed by atoms with Crippen molar-refractivity contribution in [3.63, 3.8) is 0 Å². The largest absolute Gasteiger partial charge is 0.392 e. The normalized spacial score (nSPS) is 29.4. The molecule has 0 aromatic heterocycles. The van der Waals surface area contributed by atoms with Gasteiger partial charge in [-0.3, -0.25) is 0 Å². The van der Waals surface area contributed by atoms with E-state index >= 15 is 0 Å². The Labute approximate surface area is 93.2 Å². The van der Waals surface area contributed by atoms with Crippen molar-refractivity contribution in [1.29, 1.82) is 0 Å². The lowest BCUT2D eigenvalue weighted by Gasteiger charge is -2.24. The number of aliphatic hydroxyl groups excluding tert-OH is 1. The van der Waals surface area contributed by atoms with E-state index in [0.29, 0.717) is 12.6 Å². The van der Waals surface area contributed by atoms with Crippen LogP contribution in [0.5, 0.6) is 0 Å². The maximum atomic E-state index is 9.83. The van der Waals surface area contributed by atoms with Crippen LogP contribution < -0.4 is 5.32 Å². The topological polar surface area (TPSA) is 41.5 Å². The van der Waals surface area contributed by atoms with E-state index in [1.807, 2.05) is 0 Å². The minimum atomic E-state index is -0.252. The van der Waals surface area contributed by atoms with Crippen molar-refractivity contribution in [3.8, 4) is 0 Å². The molecule has 0 aromatic carbocycles. The number of hydrogen-bond acceptors (Lipinski definition) is 3. The fourth-order valence-corrected chi connectivity index (χ4v) is 2.07. The summed E-state index contributed by atoms with van der Waals surface area (Å²) in [5.74, 6) is 0. The minimum Gasteiger partial charge on any atom is -0.392 e. The van der Waals surface area contributed by atoms with Crippen LogP contribution >= 0.6 is 0 Å². The molecule has 1 heterocycles. The standard InChI is InChI=1S/C12H25NO2/c1-9-11(5-6-15-9)13-8-10(14)7-12(2,3)4/h9-11,13-14H,5-8H2,1-4H3. The summed E-state index contributed by atoms with van der Waals surface area (Å²) in [6, 6.07) is 0.416. The van der Waals surface area contributed by atoms with Crippen molar-refractivity contribution >= 4 is 0 Å². The molecule has 1 aliphatic heterocycles. The lowest BCUT2D eigenvalue weighted by atomic mass is 9.89. The molecule has 3 atom stereocenters. The molecule has 3 heteroatoms. The van der Waals surface area contributed by atoms with Crippen LogP contribution in [0.4, 0.5) is 0 Å². The van der Waals surface area contributed by atoms with Crippen LogP contribution in [0.1, 0.15) is 40.5 Å². The zero-order valence-electron chi connectivity index (χ0n) is 10.4. The van der Waals surface area contributed by atoms with E-state index in [4.69, 9.17) is 4.74 Å². The highest BCUT2D eigenvalue weighted by atomic mass is 16.5. The molecule has 2 N–H and O–H groups in total. The van der Waals surface area contributed by atoms with E-state index < -0.39 is 0 Å². The van der Waals surface area contributed by atoms with Gasteiger partial charge in [0.15, 0.2) is 0 Å². The van der Waals surface area contributed by atoms with Gasteiger partial charge in [0.25, 0.3) is 0 Å². The first kappa shape index (κ1) is 12.9. The van der Waals surface area contributed by atoms with Gasteiger partial charge >= 0.3 is 0 Å². The van der Waals surface area contributed by atoms with Gasteiger partial charge in [0.1, 0.15) is 0 Å². The fraction of sp³-hybridized carbons (Fsp3) is 1.00. The molecule has 90 valence electrons. The van der Waals surface area contributed by atoms with Crippen LogP contribution in [0.3, 0.4) is 0 Å². The molecule has 0 spiro atoms. The fourth-order valence-electron chi connectivity index (χ4n) is 2.07. The van der Waals surface area contributed by atoms with Crippen molar-refractivity contribution in [3.05, 3.63) is 0 Å². The third-order valence-corrected chi connectivity index (χ3v) is 2.84. The average Bonchev–Trinajstić information content (AvgIpc) is 2.44. The van der Waals surface area contributed by atoms with Gasteiger partial charge in [0.2, 0.25) is 0 Å². The van der Waals surface area contributed by atoms with Crippen LogP contribution in [-0.2, 0) is 4.74 Å². The summed E-state index contributed by atoms with van der Waals surface area (Å²) in [5, 5.41) is 13.2. The van der Waals surface area contributed by atoms with E-state index in [9.17, 15) is 5.11 Å². The molecule has 1 rings (SSSR count). The highest BCUT2D eigenvalue weighted by Crippen LogP contribution is 2.20. The summed E-state index contributed by atoms with van der Waals surface area (Å²) in [6.45, 7) is 10.1. The second-order valence-corrected chi connectivity index (χ2v) is 5.80. The predicted octanol–water partition coefficient (Wildman–Crippen LogP) is 1.55. The Hall–Kier alpha value is -0.120. The van der Waals surface area contributed by atoms with Crippen molar-refractivity contribution in [2.24, 2.45) is 5.41 Å². The lowest BCUT2D eigenvalue weighted by molar-refractivity contribution is 0.0960. The predicted molar refractivity (Wildman–Crippen MR) is 61.9 cm³/mol. The second-order valence-electron chi connectivity index (χ2n) is 5.80. The SMILES string of the molecule is CC1OCCC1NCC(O)CC(C)(C)C. The molecule has 1 fully saturated rings. The van der Waals surface area contributed by atoms with Gasteiger partial charge in [-0.2, -0.15) is 0 Å². The van der Waals surface area contributed by atoms with Gasteiger partial charge in [0.05, 0.1) is 12.2 Å². The molecule has 0 amide bonds. The van der Waals surface area contributed by atoms with Gasteiger partial charge in [-0.25, -0.2) is 0 Å². The molecule has 0 saturated carbocycles. The maximum Gasteiger partial charge on any atom is 0.0700 e. The van der Waals surface area contributed by atoms with Crippen LogP contribution in [0.2, 0.25) is 0 Å². The van der Waals surface area contributed by atoms with Gasteiger partial charge in [0, 0.05) is 19.2 Å². The number of aliphatic hydroxyl groups is 1. The lowest BCUT2D eigenvalue weighted by Crippen LogP contribution is -2.40. The Morgan fingerprint density at radius 2 is 2.13 bits per heavy atom. The molecule has 0 bridgehead atoms. The molecule has 1 saturated heterocycles. The Bertz CT molecular complexity index is 189. The van der Waals surface area contributed by atoms with E-state index in [1.54, 1.807) is 0 Å². The molecule has 3 unspecified atom stereocenters. The number of hydrogen-bond donors (Lipinski definition) is 2. The molecular formula is C12H25NO2. The highest BCUT2D eigenvalue weighted by Gasteiger charge is 2.25. The molecule has 0 aromatic rings. The van der Waals surface area contributed by atoms with Crippen molar-refractivity contribution in [2.75, 3.05) is 13.2 Å². The Kier molecular flexibility index (Phi) is 4.56. The number of nitrogens with one attached hydrogen (secondary N) is 1. The smallest absolute Gasteiger partial charge is 0.0700 e. The molecule has 0 radical (unpaired) electrons. The number of rotatable bonds is 4. The monoisotopic (exact) mass is 215 g/mol. The van der Waals surface area contributed by atoms with Crippen LogP contribution in [-0.4, -0.2) is 36.5 Å². The summed E-state index contributed by atoms with van der Waals surface area (Å²) < 4.78 is 5.45. The van der Waals surface area contributed by atoms with E-state index in [2.05, 4.69) is 33.0 Å². The van der Waals surface area contributed by atoms with Crippen LogP contribution in [0.25, 0.3) is 0 Å². The quantitative estimate of drug-likeness (QED) is 0.747. The summed E-state index contributed by atoms with van der Waals surface area (Å²) in [7, 11) is 0. The van der Waals surface area contributed by atoms with E-state index in [0.717, 1.165) is 19.4 Å². The molecule has 1 aliphatic rings. The molecular weight excluding hydrogens is 190 g/mol. The third kappa shape index (κ3) is 4.96. The maximum absolute atomic E-state index is 9.83. The Morgan fingerprint density at radius 1 is 1.47 bits per heavy atom. The summed E-state index contributed by atoms with van der Waals surface area (Å²) in [6.07, 6.45) is 1.93. The second kappa shape index (κ2) is 5.28. The molecule has 3 nitrogen and oxygen atoms in total. The van der Waals surface area contributed by atoms with Gasteiger partial charge in [-0.1, -0.05) is 20.8 Å². The van der Waals surface area contributed by atoms with E-state index in [-0.39, 0.29) is 17.6 Å². The average molecular weight is 215 g/mol. The summed E-state index contributed by atoms with van der Waals surface area (Å²) >= 11 is 0. The minimum absolute atomic E-state index is 0.193. The first-order valence-corrected chi connectivity index (χ1v) is 5.91. The highest BCUT2D eigenvalue weighted by molar-refractivity contribution is 4.80. The van der Waals surface area contributed by atoms with E-state index in [1.165, 1.54) is 0 Å². The molecule has 15 heavy (non-hydrogen) atoms. The first-order valence-electron chi connectivity index (χ1n) is 5.91. The number of ether oxygens (including phenoxy) is 1. The van der Waals surface area contributed by atoms with Crippen LogP contribution in [0, 0.1) is 5.41 Å². The zero-order valence-corrected chi connectivity index (χ0v) is 10.4. The van der Waals surface area contributed by atoms with Gasteiger partial charge in [-0.05, 0) is 25.2 Å². The summed E-state index contributed by atoms with van der Waals surface area (Å²) in [5.41, 5.74) is 0.193. The summed E-state index contributed by atoms with van der Waals surface area (Å²) in [4.78, 5) is 0. The van der Waals surface area contributed by atoms with Gasteiger partial charge in [-0.15, -0.1) is 0 Å².